The van der Waals surface area contributed by atoms with Crippen LogP contribution in [0.2, 0.25) is 0 Å². The molecule has 2 aromatic heterocycles. The van der Waals surface area contributed by atoms with Crippen molar-refractivity contribution in [1.82, 2.24) is 9.97 Å². The molecule has 0 aliphatic carbocycles. The summed E-state index contributed by atoms with van der Waals surface area (Å²) in [6, 6.07) is 53.0. The van der Waals surface area contributed by atoms with Crippen LogP contribution >= 0.6 is 0 Å². The molecule has 0 unspecified atom stereocenters. The van der Waals surface area contributed by atoms with E-state index < -0.39 is 0 Å². The summed E-state index contributed by atoms with van der Waals surface area (Å²) in [5, 5.41) is 11.6. The number of pyridine rings is 2. The number of nitrogens with one attached hydrogen (secondary N) is 2. The number of aryl methyl sites for hydroxylation is 3. The number of fused-ring (bicyclic) bond motifs is 3. The molecule has 0 saturated heterocycles. The van der Waals surface area contributed by atoms with Crippen molar-refractivity contribution in [3.63, 3.8) is 0 Å². The molecular formula is C63H67BN6. The molecular weight excluding hydrogens is 852 g/mol. The summed E-state index contributed by atoms with van der Waals surface area (Å²) in [4.78, 5) is 14.4. The molecule has 2 N–H and O–H groups in total. The van der Waals surface area contributed by atoms with E-state index in [4.69, 9.17) is 9.97 Å². The zero-order chi connectivity index (χ0) is 49.6. The molecule has 70 heavy (non-hydrogen) atoms. The number of rotatable bonds is 7. The first kappa shape index (κ1) is 47.7. The molecule has 0 fully saturated rings. The maximum atomic E-state index is 4.82. The van der Waals surface area contributed by atoms with Crippen LogP contribution < -0.4 is 25.7 Å². The monoisotopic (exact) mass is 919 g/mol. The highest BCUT2D eigenvalue weighted by atomic mass is 15.3. The third-order valence-electron chi connectivity index (χ3n) is 14.1. The Balaban J connectivity index is 0.000000181. The average molecular weight is 919 g/mol. The van der Waals surface area contributed by atoms with Crippen LogP contribution in [-0.2, 0) is 10.8 Å². The lowest BCUT2D eigenvalue weighted by molar-refractivity contribution is 0.596. The van der Waals surface area contributed by atoms with Gasteiger partial charge in [-0.15, -0.1) is 0 Å². The van der Waals surface area contributed by atoms with E-state index in [1.54, 1.807) is 0 Å². The van der Waals surface area contributed by atoms with E-state index in [-0.39, 0.29) is 17.8 Å². The van der Waals surface area contributed by atoms with E-state index in [1.165, 1.54) is 82.9 Å². The highest BCUT2D eigenvalue weighted by molar-refractivity contribution is 6.82. The largest absolute Gasteiger partial charge is 0.411 e. The van der Waals surface area contributed by atoms with E-state index in [1.807, 2.05) is 26.5 Å². The second kappa shape index (κ2) is 18.8. The summed E-state index contributed by atoms with van der Waals surface area (Å²) >= 11 is 0. The number of benzene rings is 7. The maximum absolute atomic E-state index is 4.82. The van der Waals surface area contributed by atoms with Crippen molar-refractivity contribution < 1.29 is 0 Å². The fourth-order valence-electron chi connectivity index (χ4n) is 10.6. The molecule has 3 heterocycles. The summed E-state index contributed by atoms with van der Waals surface area (Å²) in [7, 11) is 8.31. The number of anilines is 4. The molecule has 10 rings (SSSR count). The first-order valence-electron chi connectivity index (χ1n) is 24.6. The minimum Gasteiger partial charge on any atom is -0.393 e. The lowest BCUT2D eigenvalue weighted by Gasteiger charge is -2.27. The van der Waals surface area contributed by atoms with Gasteiger partial charge in [0.15, 0.2) is 0 Å². The topological polar surface area (TPSA) is 56.3 Å². The van der Waals surface area contributed by atoms with Crippen LogP contribution in [0, 0.1) is 20.8 Å². The third kappa shape index (κ3) is 9.25. The van der Waals surface area contributed by atoms with Crippen LogP contribution in [0.15, 0.2) is 158 Å². The van der Waals surface area contributed by atoms with E-state index in [2.05, 4.69) is 242 Å². The molecule has 7 aromatic carbocycles. The molecule has 0 atom stereocenters. The quantitative estimate of drug-likeness (QED) is 0.155. The predicted molar refractivity (Wildman–Crippen MR) is 305 cm³/mol. The van der Waals surface area contributed by atoms with Crippen LogP contribution in [0.5, 0.6) is 0 Å². The minimum absolute atomic E-state index is 0.0362. The smallest absolute Gasteiger partial charge is 0.393 e. The minimum atomic E-state index is 0.0362. The first-order chi connectivity index (χ1) is 33.4. The highest BCUT2D eigenvalue weighted by Crippen LogP contribution is 2.41. The Hall–Kier alpha value is -7.38. The molecule has 6 nitrogen and oxygen atoms in total. The third-order valence-corrected chi connectivity index (χ3v) is 14.1. The van der Waals surface area contributed by atoms with Gasteiger partial charge in [-0.1, -0.05) is 131 Å². The maximum Gasteiger partial charge on any atom is 0.411 e. The van der Waals surface area contributed by atoms with Gasteiger partial charge >= 0.3 is 6.98 Å². The molecule has 9 aromatic rings. The van der Waals surface area contributed by atoms with Crippen LogP contribution in [0.1, 0.15) is 69.4 Å². The van der Waals surface area contributed by atoms with Crippen molar-refractivity contribution in [2.24, 2.45) is 0 Å². The summed E-state index contributed by atoms with van der Waals surface area (Å²) in [6.07, 6.45) is 3.85. The van der Waals surface area contributed by atoms with Gasteiger partial charge < -0.3 is 20.3 Å². The second-order valence-electron chi connectivity index (χ2n) is 21.2. The summed E-state index contributed by atoms with van der Waals surface area (Å²) in [5.41, 5.74) is 21.9. The van der Waals surface area contributed by atoms with Gasteiger partial charge in [-0.2, -0.15) is 0 Å². The normalized spacial score (nSPS) is 12.6. The summed E-state index contributed by atoms with van der Waals surface area (Å²) in [5.74, 6) is 0. The molecule has 0 bridgehead atoms. The number of aromatic nitrogens is 2. The summed E-state index contributed by atoms with van der Waals surface area (Å²) in [6.45, 7) is 20.5. The van der Waals surface area contributed by atoms with Gasteiger partial charge in [0.25, 0.3) is 0 Å². The number of hydrogen-bond acceptors (Lipinski definition) is 6. The van der Waals surface area contributed by atoms with Gasteiger partial charge in [-0.25, -0.2) is 0 Å². The predicted octanol–water partition coefficient (Wildman–Crippen LogP) is 15.0. The SMILES string of the molecule is CNc1ccc(-c2ccnc(-c3cc(C(C)(C)C)c4ccccc4c3)c2)cc1NC.Cc1cc(C)c(B2N(C)c3ccc(-c4ccnc(-c5cc(C(C)(C)C)c6ccccc6c5)c4)cc3N2C)c(C)c1. The molecule has 1 aliphatic heterocycles. The Bertz CT molecular complexity index is 3390. The highest BCUT2D eigenvalue weighted by Gasteiger charge is 2.39. The van der Waals surface area contributed by atoms with E-state index in [0.717, 1.165) is 39.5 Å². The first-order valence-corrected chi connectivity index (χ1v) is 24.6. The van der Waals surface area contributed by atoms with Crippen LogP contribution in [0.4, 0.5) is 22.7 Å². The van der Waals surface area contributed by atoms with Crippen LogP contribution in [-0.4, -0.2) is 45.1 Å². The van der Waals surface area contributed by atoms with Crippen molar-refractivity contribution in [2.75, 3.05) is 48.4 Å². The molecule has 7 heteroatoms. The van der Waals surface area contributed by atoms with Gasteiger partial charge in [-0.05, 0) is 179 Å². The molecule has 0 saturated carbocycles. The van der Waals surface area contributed by atoms with Gasteiger partial charge in [0.05, 0.1) is 22.8 Å². The Labute approximate surface area is 417 Å². The fourth-order valence-corrected chi connectivity index (χ4v) is 10.6. The number of hydrogen-bond donors (Lipinski definition) is 2. The number of nitrogens with zero attached hydrogens (tertiary/aromatic N) is 4. The average Bonchev–Trinajstić information content (AvgIpc) is 3.59. The van der Waals surface area contributed by atoms with Crippen LogP contribution in [0.3, 0.4) is 0 Å². The van der Waals surface area contributed by atoms with Crippen molar-refractivity contribution in [3.8, 4) is 44.8 Å². The molecule has 352 valence electrons. The van der Waals surface area contributed by atoms with Gasteiger partial charge in [0.2, 0.25) is 0 Å². The van der Waals surface area contributed by atoms with Crippen molar-refractivity contribution in [3.05, 3.63) is 186 Å². The van der Waals surface area contributed by atoms with E-state index >= 15 is 0 Å². The molecule has 1 aliphatic rings. The second-order valence-corrected chi connectivity index (χ2v) is 21.2. The summed E-state index contributed by atoms with van der Waals surface area (Å²) < 4.78 is 0. The van der Waals surface area contributed by atoms with Crippen LogP contribution in [0.25, 0.3) is 66.3 Å². The Morgan fingerprint density at radius 1 is 0.443 bits per heavy atom. The standard InChI is InChI=1S/C36H38BN3.C27H29N3/c1-23-17-24(2)35(25(3)18-23)37-39(7)33-14-13-26(22-34(33)40(37)8)27-15-16-38-32(21-27)29-19-28-11-9-10-12-30(28)31(20-29)36(4,5)6;1-27(2,3)23-15-21(14-20-8-6-7-9-22(20)23)25-16-19(12-13-30-25)18-10-11-24(28-4)26(17-18)29-5/h9-22H,1-8H3;6-17,28-29H,1-5H3. The van der Waals surface area contributed by atoms with Crippen molar-refractivity contribution in [2.45, 2.75) is 73.1 Å². The Kier molecular flexibility index (Phi) is 12.8. The lowest BCUT2D eigenvalue weighted by atomic mass is 9.62. The van der Waals surface area contributed by atoms with E-state index in [9.17, 15) is 0 Å². The molecule has 0 radical (unpaired) electrons. The Morgan fingerprint density at radius 3 is 1.40 bits per heavy atom. The zero-order valence-corrected chi connectivity index (χ0v) is 43.4. The van der Waals surface area contributed by atoms with E-state index in [0.29, 0.717) is 0 Å². The lowest BCUT2D eigenvalue weighted by Crippen LogP contribution is -2.55. The fraction of sp³-hybridized carbons (Fsp3) is 0.238. The van der Waals surface area contributed by atoms with Gasteiger partial charge in [-0.3, -0.25) is 9.97 Å². The van der Waals surface area contributed by atoms with Gasteiger partial charge in [0.1, 0.15) is 0 Å². The molecule has 0 amide bonds. The van der Waals surface area contributed by atoms with Crippen molar-refractivity contribution >= 4 is 56.7 Å². The van der Waals surface area contributed by atoms with Crippen molar-refractivity contribution in [1.29, 1.82) is 0 Å². The Morgan fingerprint density at radius 2 is 0.900 bits per heavy atom. The molecule has 0 spiro atoms. The zero-order valence-electron chi connectivity index (χ0n) is 43.4. The van der Waals surface area contributed by atoms with Gasteiger partial charge in [0, 0.05) is 49.0 Å².